The van der Waals surface area contributed by atoms with Gasteiger partial charge in [-0.05, 0) is 31.5 Å². The number of rotatable bonds is 4. The summed E-state index contributed by atoms with van der Waals surface area (Å²) >= 11 is 0. The predicted molar refractivity (Wildman–Crippen MR) is 82.5 cm³/mol. The third-order valence-electron chi connectivity index (χ3n) is 3.73. The molecule has 0 radical (unpaired) electrons. The Labute approximate surface area is 123 Å². The van der Waals surface area contributed by atoms with Crippen molar-refractivity contribution in [3.8, 4) is 0 Å². The first kappa shape index (κ1) is 13.5. The number of carbonyl (C=O) groups excluding carboxylic acids is 1. The first-order valence-corrected chi connectivity index (χ1v) is 7.06. The average molecular weight is 285 g/mol. The number of amides is 2. The van der Waals surface area contributed by atoms with Gasteiger partial charge in [-0.2, -0.15) is 0 Å². The number of nitrogens with one attached hydrogen (secondary N) is 3. The Balaban J connectivity index is 1.82. The van der Waals surface area contributed by atoms with Gasteiger partial charge in [-0.25, -0.2) is 9.78 Å². The highest BCUT2D eigenvalue weighted by atomic mass is 16.2. The van der Waals surface area contributed by atoms with E-state index in [1.165, 1.54) is 0 Å². The molecule has 110 valence electrons. The molecule has 1 aliphatic rings. The highest BCUT2D eigenvalue weighted by molar-refractivity contribution is 5.95. The molecule has 1 unspecified atom stereocenters. The van der Waals surface area contributed by atoms with Crippen LogP contribution in [0.4, 0.5) is 16.2 Å². The highest BCUT2D eigenvalue weighted by Gasteiger charge is 2.22. The molecule has 0 aliphatic carbocycles. The summed E-state index contributed by atoms with van der Waals surface area (Å²) in [6.07, 6.45) is 3.48. The number of nitrogens with zero attached hydrogens (tertiary/aromatic N) is 2. The number of benzene rings is 1. The molecule has 1 saturated heterocycles. The molecule has 3 rings (SSSR count). The second-order valence-corrected chi connectivity index (χ2v) is 5.26. The fourth-order valence-electron chi connectivity index (χ4n) is 2.52. The van der Waals surface area contributed by atoms with E-state index in [4.69, 9.17) is 0 Å². The van der Waals surface area contributed by atoms with Crippen molar-refractivity contribution in [1.29, 1.82) is 0 Å². The highest BCUT2D eigenvalue weighted by Crippen LogP contribution is 2.27. The summed E-state index contributed by atoms with van der Waals surface area (Å²) < 4.78 is 0. The van der Waals surface area contributed by atoms with E-state index in [-0.39, 0.29) is 12.1 Å². The molecule has 1 aromatic carbocycles. The number of aromatic amines is 1. The van der Waals surface area contributed by atoms with Crippen molar-refractivity contribution in [3.05, 3.63) is 42.0 Å². The maximum atomic E-state index is 11.8. The van der Waals surface area contributed by atoms with Crippen molar-refractivity contribution in [2.45, 2.75) is 19.9 Å². The maximum Gasteiger partial charge on any atom is 0.322 e. The Morgan fingerprint density at radius 1 is 1.43 bits per heavy atom. The van der Waals surface area contributed by atoms with E-state index in [1.54, 1.807) is 17.4 Å². The van der Waals surface area contributed by atoms with Crippen molar-refractivity contribution in [2.75, 3.05) is 23.3 Å². The van der Waals surface area contributed by atoms with Crippen LogP contribution in [0.5, 0.6) is 0 Å². The monoisotopic (exact) mass is 285 g/mol. The molecule has 1 aliphatic heterocycles. The van der Waals surface area contributed by atoms with Crippen LogP contribution in [0.3, 0.4) is 0 Å². The van der Waals surface area contributed by atoms with E-state index >= 15 is 0 Å². The molecule has 1 atom stereocenters. The molecule has 6 heteroatoms. The Morgan fingerprint density at radius 2 is 2.29 bits per heavy atom. The molecule has 0 saturated carbocycles. The number of hydrogen-bond acceptors (Lipinski definition) is 3. The van der Waals surface area contributed by atoms with Crippen molar-refractivity contribution < 1.29 is 4.79 Å². The SMILES string of the molecule is Cc1ccc(NC(C)c2cnc[nH]2)cc1N1CCNC1=O. The summed E-state index contributed by atoms with van der Waals surface area (Å²) in [7, 11) is 0. The number of urea groups is 1. The maximum absolute atomic E-state index is 11.8. The summed E-state index contributed by atoms with van der Waals surface area (Å²) in [6, 6.07) is 6.17. The van der Waals surface area contributed by atoms with Gasteiger partial charge in [-0.15, -0.1) is 0 Å². The Bertz CT molecular complexity index is 638. The van der Waals surface area contributed by atoms with Gasteiger partial charge in [-0.3, -0.25) is 4.90 Å². The third-order valence-corrected chi connectivity index (χ3v) is 3.73. The Kier molecular flexibility index (Phi) is 3.51. The Morgan fingerprint density at radius 3 is 2.95 bits per heavy atom. The van der Waals surface area contributed by atoms with E-state index < -0.39 is 0 Å². The summed E-state index contributed by atoms with van der Waals surface area (Å²) in [5.41, 5.74) is 4.05. The van der Waals surface area contributed by atoms with Crippen molar-refractivity contribution in [3.63, 3.8) is 0 Å². The van der Waals surface area contributed by atoms with Gasteiger partial charge in [0.05, 0.1) is 23.8 Å². The lowest BCUT2D eigenvalue weighted by atomic mass is 10.1. The number of carbonyl (C=O) groups is 1. The minimum Gasteiger partial charge on any atom is -0.377 e. The van der Waals surface area contributed by atoms with Crippen LogP contribution in [0, 0.1) is 6.92 Å². The van der Waals surface area contributed by atoms with Crippen LogP contribution in [-0.4, -0.2) is 29.1 Å². The predicted octanol–water partition coefficient (Wildman–Crippen LogP) is 2.42. The molecule has 0 spiro atoms. The normalized spacial score (nSPS) is 15.9. The van der Waals surface area contributed by atoms with Gasteiger partial charge in [0.1, 0.15) is 0 Å². The van der Waals surface area contributed by atoms with E-state index in [0.29, 0.717) is 13.1 Å². The van der Waals surface area contributed by atoms with Gasteiger partial charge in [0.25, 0.3) is 0 Å². The first-order chi connectivity index (χ1) is 10.1. The lowest BCUT2D eigenvalue weighted by Gasteiger charge is -2.20. The van der Waals surface area contributed by atoms with Crippen LogP contribution in [0.15, 0.2) is 30.7 Å². The van der Waals surface area contributed by atoms with Crippen LogP contribution in [0.2, 0.25) is 0 Å². The topological polar surface area (TPSA) is 73.1 Å². The second-order valence-electron chi connectivity index (χ2n) is 5.26. The van der Waals surface area contributed by atoms with E-state index in [9.17, 15) is 4.79 Å². The molecular weight excluding hydrogens is 266 g/mol. The van der Waals surface area contributed by atoms with Crippen LogP contribution in [-0.2, 0) is 0 Å². The van der Waals surface area contributed by atoms with Gasteiger partial charge >= 0.3 is 6.03 Å². The molecule has 1 fully saturated rings. The largest absolute Gasteiger partial charge is 0.377 e. The minimum atomic E-state index is -0.0307. The van der Waals surface area contributed by atoms with Gasteiger partial charge in [-0.1, -0.05) is 6.07 Å². The van der Waals surface area contributed by atoms with Crippen molar-refractivity contribution >= 4 is 17.4 Å². The fraction of sp³-hybridized carbons (Fsp3) is 0.333. The molecular formula is C15H19N5O. The molecule has 21 heavy (non-hydrogen) atoms. The van der Waals surface area contributed by atoms with E-state index in [1.807, 2.05) is 25.1 Å². The van der Waals surface area contributed by atoms with Gasteiger partial charge < -0.3 is 15.6 Å². The number of imidazole rings is 1. The summed E-state index contributed by atoms with van der Waals surface area (Å²) in [4.78, 5) is 20.7. The van der Waals surface area contributed by atoms with Crippen LogP contribution < -0.4 is 15.5 Å². The summed E-state index contributed by atoms with van der Waals surface area (Å²) in [6.45, 7) is 5.48. The first-order valence-electron chi connectivity index (χ1n) is 7.06. The zero-order chi connectivity index (χ0) is 14.8. The lowest BCUT2D eigenvalue weighted by Crippen LogP contribution is -2.28. The molecule has 6 nitrogen and oxygen atoms in total. The summed E-state index contributed by atoms with van der Waals surface area (Å²) in [5, 5.41) is 6.25. The summed E-state index contributed by atoms with van der Waals surface area (Å²) in [5.74, 6) is 0. The van der Waals surface area contributed by atoms with Crippen LogP contribution in [0.1, 0.15) is 24.2 Å². The molecule has 1 aromatic heterocycles. The number of anilines is 2. The second kappa shape index (κ2) is 5.47. The van der Waals surface area contributed by atoms with Gasteiger partial charge in [0, 0.05) is 25.0 Å². The van der Waals surface area contributed by atoms with E-state index in [2.05, 4.69) is 27.5 Å². The molecule has 2 aromatic rings. The van der Waals surface area contributed by atoms with Crippen molar-refractivity contribution in [1.82, 2.24) is 15.3 Å². The van der Waals surface area contributed by atoms with E-state index in [0.717, 1.165) is 22.6 Å². The average Bonchev–Trinajstić information content (AvgIpc) is 3.12. The zero-order valence-electron chi connectivity index (χ0n) is 12.2. The van der Waals surface area contributed by atoms with Crippen LogP contribution in [0.25, 0.3) is 0 Å². The van der Waals surface area contributed by atoms with Gasteiger partial charge in [0.15, 0.2) is 0 Å². The number of aryl methyl sites for hydroxylation is 1. The fourth-order valence-corrected chi connectivity index (χ4v) is 2.52. The van der Waals surface area contributed by atoms with Crippen LogP contribution >= 0.6 is 0 Å². The molecule has 2 heterocycles. The third kappa shape index (κ3) is 2.69. The standard InChI is InChI=1S/C15H19N5O/c1-10-3-4-12(19-11(2)13-8-16-9-18-13)7-14(10)20-6-5-17-15(20)21/h3-4,7-9,11,19H,5-6H2,1-2H3,(H,16,18)(H,17,21). The van der Waals surface area contributed by atoms with Gasteiger partial charge in [0.2, 0.25) is 0 Å². The minimum absolute atomic E-state index is 0.0307. The Hall–Kier alpha value is -2.50. The number of aromatic nitrogens is 2. The quantitative estimate of drug-likeness (QED) is 0.807. The lowest BCUT2D eigenvalue weighted by molar-refractivity contribution is 0.252. The smallest absolute Gasteiger partial charge is 0.322 e. The zero-order valence-corrected chi connectivity index (χ0v) is 12.2. The molecule has 2 amide bonds. The molecule has 3 N–H and O–H groups in total. The van der Waals surface area contributed by atoms with Crippen molar-refractivity contribution in [2.24, 2.45) is 0 Å². The number of hydrogen-bond donors (Lipinski definition) is 3. The molecule has 0 bridgehead atoms. The number of H-pyrrole nitrogens is 1.